The number of carbonyl (C=O) groups excluding carboxylic acids is 2. The number of halogens is 2. The summed E-state index contributed by atoms with van der Waals surface area (Å²) in [4.78, 5) is 20.4. The van der Waals surface area contributed by atoms with Crippen molar-refractivity contribution in [3.63, 3.8) is 0 Å². The molecule has 4 rings (SSSR count). The highest BCUT2D eigenvalue weighted by atomic mass is 19.2. The van der Waals surface area contributed by atoms with Crippen molar-refractivity contribution in [2.45, 2.75) is 98.4 Å². The summed E-state index contributed by atoms with van der Waals surface area (Å²) in [5.41, 5.74) is 2.15. The Balaban J connectivity index is 0.000000563. The van der Waals surface area contributed by atoms with Crippen LogP contribution in [0.25, 0.3) is 0 Å². The lowest BCUT2D eigenvalue weighted by Crippen LogP contribution is -2.34. The van der Waals surface area contributed by atoms with Crippen molar-refractivity contribution in [3.05, 3.63) is 59.2 Å². The lowest BCUT2D eigenvalue weighted by atomic mass is 9.82. The van der Waals surface area contributed by atoms with Gasteiger partial charge in [-0.1, -0.05) is 72.1 Å². The first-order chi connectivity index (χ1) is 19.8. The van der Waals surface area contributed by atoms with Gasteiger partial charge in [0.25, 0.3) is 6.47 Å². The van der Waals surface area contributed by atoms with Gasteiger partial charge in [0.15, 0.2) is 11.7 Å². The fraction of sp³-hybridized carbons (Fsp3) is 0.606. The third-order valence-electron chi connectivity index (χ3n) is 6.91. The molecule has 6 nitrogen and oxygen atoms in total. The minimum Gasteiger partial charge on any atom is -0.468 e. The van der Waals surface area contributed by atoms with Crippen molar-refractivity contribution in [1.29, 1.82) is 5.26 Å². The van der Waals surface area contributed by atoms with Crippen molar-refractivity contribution < 1.29 is 23.1 Å². The van der Waals surface area contributed by atoms with E-state index in [2.05, 4.69) is 27.5 Å². The topological polar surface area (TPSA) is 91.2 Å². The van der Waals surface area contributed by atoms with Crippen LogP contribution in [0.4, 0.5) is 8.78 Å². The minimum absolute atomic E-state index is 0.00435. The van der Waals surface area contributed by atoms with E-state index in [-0.39, 0.29) is 24.3 Å². The predicted octanol–water partition coefficient (Wildman–Crippen LogP) is 7.66. The standard InChI is InChI=1S/C13H15N.C10H12F2O2.C6H12N2O.2C2H6/c14-10-12-8-4-5-9-13(12)11-6-2-1-3-7-11;1-7(5-14-6-13)8-2-3-9(11)10(12)4-8;1-5(9)8-6-2-3-7-4-6;2*1-2/h4-5,8-9,11H,1-3,6-7H2;3-4,6-8H,2,5H2,1H3;6-7H,2-4H2,1H3,(H,8,9);2*1-2H3. The summed E-state index contributed by atoms with van der Waals surface area (Å²) in [5, 5.41) is 15.0. The molecular weight excluding hydrogens is 524 g/mol. The molecule has 1 amide bonds. The third kappa shape index (κ3) is 15.5. The Morgan fingerprint density at radius 2 is 1.78 bits per heavy atom. The zero-order valence-electron chi connectivity index (χ0n) is 25.8. The number of hydrogen-bond donors (Lipinski definition) is 2. The normalized spacial score (nSPS) is 20.1. The van der Waals surface area contributed by atoms with Crippen LogP contribution >= 0.6 is 0 Å². The first-order valence-corrected chi connectivity index (χ1v) is 15.1. The summed E-state index contributed by atoms with van der Waals surface area (Å²) in [6, 6.07) is 10.7. The van der Waals surface area contributed by atoms with Gasteiger partial charge in [0.2, 0.25) is 5.91 Å². The van der Waals surface area contributed by atoms with Gasteiger partial charge in [-0.25, -0.2) is 8.78 Å². The summed E-state index contributed by atoms with van der Waals surface area (Å²) in [5.74, 6) is -1.02. The van der Waals surface area contributed by atoms with E-state index >= 15 is 0 Å². The van der Waals surface area contributed by atoms with Gasteiger partial charge in [0.1, 0.15) is 0 Å². The number of nitrogens with zero attached hydrogens (tertiary/aromatic N) is 1. The van der Waals surface area contributed by atoms with Crippen LogP contribution in [-0.4, -0.2) is 38.1 Å². The van der Waals surface area contributed by atoms with Gasteiger partial charge in [-0.2, -0.15) is 5.26 Å². The molecule has 1 saturated heterocycles. The zero-order chi connectivity index (χ0) is 31.0. The van der Waals surface area contributed by atoms with Crippen LogP contribution in [-0.2, 0) is 14.3 Å². The van der Waals surface area contributed by atoms with Gasteiger partial charge in [0, 0.05) is 19.5 Å². The second kappa shape index (κ2) is 23.6. The Bertz CT molecular complexity index is 963. The third-order valence-corrected chi connectivity index (χ3v) is 6.91. The van der Waals surface area contributed by atoms with Gasteiger partial charge in [-0.05, 0) is 73.8 Å². The lowest BCUT2D eigenvalue weighted by Gasteiger charge is -2.22. The monoisotopic (exact) mass is 575 g/mol. The van der Waals surface area contributed by atoms with Gasteiger partial charge in [0.05, 0.1) is 18.2 Å². The van der Waals surface area contributed by atoms with E-state index in [9.17, 15) is 18.4 Å². The molecule has 8 heteroatoms. The largest absolute Gasteiger partial charge is 0.468 e. The van der Waals surface area contributed by atoms with Crippen molar-refractivity contribution in [2.24, 2.45) is 11.8 Å². The number of amides is 1. The van der Waals surface area contributed by atoms with Gasteiger partial charge in [-0.3, -0.25) is 9.59 Å². The Morgan fingerprint density at radius 3 is 2.32 bits per heavy atom. The fourth-order valence-electron chi connectivity index (χ4n) is 4.82. The molecule has 0 aromatic heterocycles. The number of allylic oxidation sites excluding steroid dienone is 4. The van der Waals surface area contributed by atoms with Crippen LogP contribution in [0, 0.1) is 23.2 Å². The Hall–Kier alpha value is -3.05. The molecular formula is C33H51F2N3O3. The van der Waals surface area contributed by atoms with E-state index in [1.165, 1.54) is 49.8 Å². The van der Waals surface area contributed by atoms with Crippen molar-refractivity contribution in [2.75, 3.05) is 19.7 Å². The SMILES string of the molecule is CC.CC.CC(=O)NC1CCNC1.CC(COC=O)C1C=C(F)C(F)=CC1.N#Cc1ccccc1C1CCCCC1. The van der Waals surface area contributed by atoms with Crippen LogP contribution in [0.5, 0.6) is 0 Å². The molecule has 1 aromatic rings. The smallest absolute Gasteiger partial charge is 0.293 e. The molecule has 230 valence electrons. The van der Waals surface area contributed by atoms with Crippen molar-refractivity contribution in [3.8, 4) is 6.07 Å². The highest BCUT2D eigenvalue weighted by Gasteiger charge is 2.21. The van der Waals surface area contributed by atoms with Crippen LogP contribution in [0.2, 0.25) is 0 Å². The molecule has 41 heavy (non-hydrogen) atoms. The highest BCUT2D eigenvalue weighted by molar-refractivity contribution is 5.73. The highest BCUT2D eigenvalue weighted by Crippen LogP contribution is 2.34. The second-order valence-electron chi connectivity index (χ2n) is 9.80. The average Bonchev–Trinajstić information content (AvgIpc) is 3.53. The Labute approximate surface area is 246 Å². The second-order valence-corrected chi connectivity index (χ2v) is 9.80. The maximum absolute atomic E-state index is 12.8. The van der Waals surface area contributed by atoms with E-state index in [0.29, 0.717) is 24.9 Å². The number of nitriles is 1. The van der Waals surface area contributed by atoms with Gasteiger partial charge in [-0.15, -0.1) is 0 Å². The molecule has 1 heterocycles. The van der Waals surface area contributed by atoms with E-state index < -0.39 is 11.7 Å². The first kappa shape index (κ1) is 38.0. The van der Waals surface area contributed by atoms with Gasteiger partial charge >= 0.3 is 0 Å². The molecule has 3 aliphatic rings. The van der Waals surface area contributed by atoms with E-state index in [1.807, 2.05) is 52.8 Å². The molecule has 1 saturated carbocycles. The summed E-state index contributed by atoms with van der Waals surface area (Å²) < 4.78 is 30.0. The molecule has 1 aliphatic heterocycles. The zero-order valence-corrected chi connectivity index (χ0v) is 25.8. The quantitative estimate of drug-likeness (QED) is 0.340. The Morgan fingerprint density at radius 1 is 1.12 bits per heavy atom. The van der Waals surface area contributed by atoms with Gasteiger partial charge < -0.3 is 15.4 Å². The molecule has 2 aliphatic carbocycles. The van der Waals surface area contributed by atoms with Crippen LogP contribution in [0.1, 0.15) is 104 Å². The molecule has 0 bridgehead atoms. The summed E-state index contributed by atoms with van der Waals surface area (Å²) >= 11 is 0. The summed E-state index contributed by atoms with van der Waals surface area (Å²) in [6.07, 6.45) is 10.5. The minimum atomic E-state index is -0.820. The van der Waals surface area contributed by atoms with Crippen molar-refractivity contribution in [1.82, 2.24) is 10.6 Å². The fourth-order valence-corrected chi connectivity index (χ4v) is 4.82. The number of hydrogen-bond acceptors (Lipinski definition) is 5. The summed E-state index contributed by atoms with van der Waals surface area (Å²) in [6.45, 7) is 13.9. The predicted molar refractivity (Wildman–Crippen MR) is 162 cm³/mol. The van der Waals surface area contributed by atoms with E-state index in [0.717, 1.165) is 25.1 Å². The van der Waals surface area contributed by atoms with E-state index in [1.54, 1.807) is 6.92 Å². The molecule has 1 aromatic carbocycles. The maximum Gasteiger partial charge on any atom is 0.293 e. The number of benzene rings is 1. The maximum atomic E-state index is 12.8. The average molecular weight is 576 g/mol. The number of nitrogens with one attached hydrogen (secondary N) is 2. The van der Waals surface area contributed by atoms with Crippen molar-refractivity contribution >= 4 is 12.4 Å². The van der Waals surface area contributed by atoms with Crippen LogP contribution in [0.15, 0.2) is 48.1 Å². The number of rotatable bonds is 6. The number of ether oxygens (including phenoxy) is 1. The number of carbonyl (C=O) groups is 2. The molecule has 3 unspecified atom stereocenters. The molecule has 3 atom stereocenters. The molecule has 0 radical (unpaired) electrons. The first-order valence-electron chi connectivity index (χ1n) is 15.1. The van der Waals surface area contributed by atoms with E-state index in [4.69, 9.17) is 5.26 Å². The summed E-state index contributed by atoms with van der Waals surface area (Å²) in [7, 11) is 0. The molecule has 2 N–H and O–H groups in total. The van der Waals surface area contributed by atoms with Crippen LogP contribution < -0.4 is 10.6 Å². The Kier molecular flexibility index (Phi) is 21.9. The molecule has 2 fully saturated rings. The van der Waals surface area contributed by atoms with Crippen LogP contribution in [0.3, 0.4) is 0 Å². The lowest BCUT2D eigenvalue weighted by molar-refractivity contribution is -0.130. The molecule has 0 spiro atoms.